The Bertz CT molecular complexity index is 1000. The minimum Gasteiger partial charge on any atom is -0.356 e. The maximum absolute atomic E-state index is 5.04. The first-order chi connectivity index (χ1) is 14.9. The second-order valence-electron chi connectivity index (χ2n) is 8.16. The van der Waals surface area contributed by atoms with Crippen LogP contribution in [0.15, 0.2) is 60.7 Å². The monoisotopic (exact) mass is 399 g/mol. The third-order valence-electron chi connectivity index (χ3n) is 6.11. The van der Waals surface area contributed by atoms with Gasteiger partial charge in [-0.25, -0.2) is 4.98 Å². The van der Waals surface area contributed by atoms with Crippen LogP contribution >= 0.6 is 0 Å². The molecule has 2 fully saturated rings. The SMILES string of the molecule is C(=Cc1ccccc1)CN1CCN(c2nc(N3CCCC3)c3ccccc3n2)CC1. The molecule has 1 aromatic heterocycles. The van der Waals surface area contributed by atoms with Gasteiger partial charge in [0.1, 0.15) is 5.82 Å². The number of para-hydroxylation sites is 1. The van der Waals surface area contributed by atoms with Gasteiger partial charge in [0.2, 0.25) is 5.95 Å². The minimum atomic E-state index is 0.884. The molecule has 2 saturated heterocycles. The molecule has 2 aromatic carbocycles. The summed E-state index contributed by atoms with van der Waals surface area (Å²) in [4.78, 5) is 17.2. The van der Waals surface area contributed by atoms with E-state index in [-0.39, 0.29) is 0 Å². The van der Waals surface area contributed by atoms with Gasteiger partial charge in [-0.3, -0.25) is 4.90 Å². The zero-order chi connectivity index (χ0) is 20.2. The van der Waals surface area contributed by atoms with Gasteiger partial charge in [0.15, 0.2) is 0 Å². The van der Waals surface area contributed by atoms with Crippen molar-refractivity contribution in [3.8, 4) is 0 Å². The molecule has 0 atom stereocenters. The van der Waals surface area contributed by atoms with Gasteiger partial charge in [0.25, 0.3) is 0 Å². The second-order valence-corrected chi connectivity index (χ2v) is 8.16. The van der Waals surface area contributed by atoms with E-state index in [4.69, 9.17) is 9.97 Å². The van der Waals surface area contributed by atoms with Gasteiger partial charge in [-0.05, 0) is 30.5 Å². The summed E-state index contributed by atoms with van der Waals surface area (Å²) in [5.41, 5.74) is 2.31. The number of hydrogen-bond donors (Lipinski definition) is 0. The van der Waals surface area contributed by atoms with E-state index in [0.717, 1.165) is 63.1 Å². The standard InChI is InChI=1S/C25H29N5/c1-2-9-21(10-3-1)11-8-14-28-17-19-30(20-18-28)25-26-23-13-5-4-12-22(23)24(27-25)29-15-6-7-16-29/h1-5,8-13H,6-7,14-20H2. The molecule has 2 aliphatic rings. The molecule has 0 N–H and O–H groups in total. The number of fused-ring (bicyclic) bond motifs is 1. The fourth-order valence-electron chi connectivity index (χ4n) is 4.39. The fourth-order valence-corrected chi connectivity index (χ4v) is 4.39. The van der Waals surface area contributed by atoms with Crippen LogP contribution in [0, 0.1) is 0 Å². The molecule has 3 heterocycles. The summed E-state index contributed by atoms with van der Waals surface area (Å²) in [5, 5.41) is 1.17. The largest absolute Gasteiger partial charge is 0.356 e. The fraction of sp³-hybridized carbons (Fsp3) is 0.360. The van der Waals surface area contributed by atoms with E-state index in [0.29, 0.717) is 0 Å². The molecule has 5 rings (SSSR count). The van der Waals surface area contributed by atoms with E-state index < -0.39 is 0 Å². The molecule has 0 saturated carbocycles. The van der Waals surface area contributed by atoms with Crippen LogP contribution in [0.5, 0.6) is 0 Å². The van der Waals surface area contributed by atoms with Gasteiger partial charge in [0, 0.05) is 51.2 Å². The Balaban J connectivity index is 1.27. The number of piperazine rings is 1. The topological polar surface area (TPSA) is 35.5 Å². The second kappa shape index (κ2) is 8.84. The lowest BCUT2D eigenvalue weighted by molar-refractivity contribution is 0.283. The smallest absolute Gasteiger partial charge is 0.227 e. The number of benzene rings is 2. The van der Waals surface area contributed by atoms with E-state index in [9.17, 15) is 0 Å². The molecular formula is C25H29N5. The van der Waals surface area contributed by atoms with Crippen molar-refractivity contribution in [2.24, 2.45) is 0 Å². The van der Waals surface area contributed by atoms with Gasteiger partial charge in [0.05, 0.1) is 5.52 Å². The molecule has 0 spiro atoms. The Kier molecular flexibility index (Phi) is 5.62. The van der Waals surface area contributed by atoms with Crippen LogP contribution in [0.4, 0.5) is 11.8 Å². The van der Waals surface area contributed by atoms with Crippen LogP contribution in [-0.4, -0.2) is 60.7 Å². The first kappa shape index (κ1) is 19.1. The number of nitrogens with zero attached hydrogens (tertiary/aromatic N) is 5. The average Bonchev–Trinajstić information content (AvgIpc) is 3.34. The zero-order valence-electron chi connectivity index (χ0n) is 17.5. The maximum atomic E-state index is 5.04. The molecule has 0 amide bonds. The quantitative estimate of drug-likeness (QED) is 0.646. The van der Waals surface area contributed by atoms with Crippen LogP contribution in [0.25, 0.3) is 17.0 Å². The molecule has 0 bridgehead atoms. The zero-order valence-corrected chi connectivity index (χ0v) is 17.5. The summed E-state index contributed by atoms with van der Waals surface area (Å²) in [6.45, 7) is 7.20. The van der Waals surface area contributed by atoms with Crippen LogP contribution in [0.1, 0.15) is 18.4 Å². The van der Waals surface area contributed by atoms with Crippen molar-refractivity contribution in [2.45, 2.75) is 12.8 Å². The van der Waals surface area contributed by atoms with Crippen molar-refractivity contribution in [1.29, 1.82) is 0 Å². The Labute approximate surface area is 178 Å². The predicted molar refractivity (Wildman–Crippen MR) is 125 cm³/mol. The van der Waals surface area contributed by atoms with Crippen molar-refractivity contribution < 1.29 is 0 Å². The lowest BCUT2D eigenvalue weighted by atomic mass is 10.2. The number of aromatic nitrogens is 2. The van der Waals surface area contributed by atoms with Gasteiger partial charge in [-0.2, -0.15) is 4.98 Å². The molecule has 0 unspecified atom stereocenters. The first-order valence-corrected chi connectivity index (χ1v) is 11.1. The normalized spacial score (nSPS) is 18.0. The van der Waals surface area contributed by atoms with Gasteiger partial charge >= 0.3 is 0 Å². The van der Waals surface area contributed by atoms with Gasteiger partial charge in [-0.15, -0.1) is 0 Å². The van der Waals surface area contributed by atoms with Crippen molar-refractivity contribution in [3.05, 3.63) is 66.2 Å². The van der Waals surface area contributed by atoms with Crippen LogP contribution < -0.4 is 9.80 Å². The predicted octanol–water partition coefficient (Wildman–Crippen LogP) is 4.07. The molecular weight excluding hydrogens is 370 g/mol. The van der Waals surface area contributed by atoms with Crippen molar-refractivity contribution in [3.63, 3.8) is 0 Å². The summed E-state index contributed by atoms with van der Waals surface area (Å²) in [7, 11) is 0. The summed E-state index contributed by atoms with van der Waals surface area (Å²) < 4.78 is 0. The number of hydrogen-bond acceptors (Lipinski definition) is 5. The van der Waals surface area contributed by atoms with Crippen molar-refractivity contribution in [2.75, 3.05) is 55.6 Å². The van der Waals surface area contributed by atoms with Crippen molar-refractivity contribution in [1.82, 2.24) is 14.9 Å². The summed E-state index contributed by atoms with van der Waals surface area (Å²) in [6, 6.07) is 18.9. The van der Waals surface area contributed by atoms with Crippen LogP contribution in [-0.2, 0) is 0 Å². The van der Waals surface area contributed by atoms with E-state index in [1.807, 2.05) is 0 Å². The van der Waals surface area contributed by atoms with Gasteiger partial charge < -0.3 is 9.80 Å². The molecule has 30 heavy (non-hydrogen) atoms. The highest BCUT2D eigenvalue weighted by Gasteiger charge is 2.22. The third-order valence-corrected chi connectivity index (χ3v) is 6.11. The van der Waals surface area contributed by atoms with E-state index >= 15 is 0 Å². The average molecular weight is 400 g/mol. The van der Waals surface area contributed by atoms with Crippen LogP contribution in [0.2, 0.25) is 0 Å². The third kappa shape index (κ3) is 4.17. The Hall–Kier alpha value is -2.92. The van der Waals surface area contributed by atoms with E-state index in [1.54, 1.807) is 0 Å². The number of rotatable bonds is 5. The summed E-state index contributed by atoms with van der Waals surface area (Å²) in [6.07, 6.45) is 6.98. The minimum absolute atomic E-state index is 0.884. The lowest BCUT2D eigenvalue weighted by Gasteiger charge is -2.34. The maximum Gasteiger partial charge on any atom is 0.227 e. The molecule has 3 aromatic rings. The van der Waals surface area contributed by atoms with Crippen molar-refractivity contribution >= 4 is 28.7 Å². The molecule has 0 radical (unpaired) electrons. The molecule has 0 aliphatic carbocycles. The molecule has 5 nitrogen and oxygen atoms in total. The van der Waals surface area contributed by atoms with Gasteiger partial charge in [-0.1, -0.05) is 54.6 Å². The summed E-state index contributed by atoms with van der Waals surface area (Å²) >= 11 is 0. The molecule has 5 heteroatoms. The first-order valence-electron chi connectivity index (χ1n) is 11.1. The van der Waals surface area contributed by atoms with E-state index in [1.165, 1.54) is 23.8 Å². The highest BCUT2D eigenvalue weighted by molar-refractivity contribution is 5.90. The Morgan fingerprint density at radius 2 is 1.47 bits per heavy atom. The highest BCUT2D eigenvalue weighted by Crippen LogP contribution is 2.29. The molecule has 154 valence electrons. The lowest BCUT2D eigenvalue weighted by Crippen LogP contribution is -2.47. The molecule has 2 aliphatic heterocycles. The van der Waals surface area contributed by atoms with Crippen LogP contribution in [0.3, 0.4) is 0 Å². The number of anilines is 2. The Morgan fingerprint density at radius 3 is 2.27 bits per heavy atom. The highest BCUT2D eigenvalue weighted by atomic mass is 15.3. The Morgan fingerprint density at radius 1 is 0.733 bits per heavy atom. The summed E-state index contributed by atoms with van der Waals surface area (Å²) in [5.74, 6) is 2.00. The van der Waals surface area contributed by atoms with E-state index in [2.05, 4.69) is 81.4 Å².